The molecule has 82 valence electrons. The molecule has 0 saturated heterocycles. The normalized spacial score (nSPS) is 17.6. The number of aliphatic carboxylic acids is 1. The smallest absolute Gasteiger partial charge is 0.331 e. The standard InChI is InChI=1S/C9H18N2O3/c1-4-9(11,8(13)14)7(12)6(10)5(2)3/h5-6H,4,10-11H2,1-3H3,(H,13,14)/t6-,9?/m0/s1. The number of nitrogens with two attached hydrogens (primary N) is 2. The fourth-order valence-corrected chi connectivity index (χ4v) is 1.03. The van der Waals surface area contributed by atoms with E-state index in [1.54, 1.807) is 20.8 Å². The molecule has 0 heterocycles. The summed E-state index contributed by atoms with van der Waals surface area (Å²) in [7, 11) is 0. The Morgan fingerprint density at radius 2 is 1.86 bits per heavy atom. The molecule has 0 aromatic rings. The third kappa shape index (κ3) is 2.30. The molecule has 0 fully saturated rings. The fourth-order valence-electron chi connectivity index (χ4n) is 1.03. The zero-order chi connectivity index (χ0) is 11.5. The van der Waals surface area contributed by atoms with Crippen LogP contribution >= 0.6 is 0 Å². The molecule has 5 heteroatoms. The molecule has 0 aliphatic rings. The number of carboxylic acid groups (broad SMARTS) is 1. The van der Waals surface area contributed by atoms with E-state index in [0.717, 1.165) is 0 Å². The Morgan fingerprint density at radius 3 is 2.07 bits per heavy atom. The van der Waals surface area contributed by atoms with E-state index >= 15 is 0 Å². The van der Waals surface area contributed by atoms with Crippen molar-refractivity contribution in [3.05, 3.63) is 0 Å². The van der Waals surface area contributed by atoms with Crippen LogP contribution in [0, 0.1) is 5.92 Å². The third-order valence-electron chi connectivity index (χ3n) is 2.40. The zero-order valence-electron chi connectivity index (χ0n) is 8.78. The molecule has 0 aliphatic heterocycles. The Bertz CT molecular complexity index is 240. The summed E-state index contributed by atoms with van der Waals surface area (Å²) in [4.78, 5) is 22.5. The number of hydrogen-bond acceptors (Lipinski definition) is 4. The highest BCUT2D eigenvalue weighted by molar-refractivity contribution is 6.09. The summed E-state index contributed by atoms with van der Waals surface area (Å²) in [5.74, 6) is -2.04. The van der Waals surface area contributed by atoms with Gasteiger partial charge in [0.1, 0.15) is 0 Å². The summed E-state index contributed by atoms with van der Waals surface area (Å²) in [6.45, 7) is 5.06. The Kier molecular flexibility index (Phi) is 4.22. The first-order chi connectivity index (χ1) is 6.27. The van der Waals surface area contributed by atoms with Gasteiger partial charge < -0.3 is 16.6 Å². The molecule has 14 heavy (non-hydrogen) atoms. The van der Waals surface area contributed by atoms with Gasteiger partial charge in [-0.1, -0.05) is 20.8 Å². The van der Waals surface area contributed by atoms with E-state index in [1.807, 2.05) is 0 Å². The van der Waals surface area contributed by atoms with E-state index in [-0.39, 0.29) is 12.3 Å². The van der Waals surface area contributed by atoms with Gasteiger partial charge in [-0.25, -0.2) is 4.79 Å². The number of carbonyl (C=O) groups excluding carboxylic acids is 1. The third-order valence-corrected chi connectivity index (χ3v) is 2.40. The second kappa shape index (κ2) is 4.52. The second-order valence-corrected chi connectivity index (χ2v) is 3.76. The van der Waals surface area contributed by atoms with Crippen LogP contribution < -0.4 is 11.5 Å². The maximum Gasteiger partial charge on any atom is 0.331 e. The maximum atomic E-state index is 11.6. The van der Waals surface area contributed by atoms with Crippen molar-refractivity contribution in [2.75, 3.05) is 0 Å². The van der Waals surface area contributed by atoms with Gasteiger partial charge >= 0.3 is 5.97 Å². The summed E-state index contributed by atoms with van der Waals surface area (Å²) >= 11 is 0. The highest BCUT2D eigenvalue weighted by Crippen LogP contribution is 2.13. The molecule has 0 saturated carbocycles. The molecule has 0 radical (unpaired) electrons. The Morgan fingerprint density at radius 1 is 1.43 bits per heavy atom. The summed E-state index contributed by atoms with van der Waals surface area (Å²) in [5, 5.41) is 8.83. The van der Waals surface area contributed by atoms with E-state index in [9.17, 15) is 9.59 Å². The fraction of sp³-hybridized carbons (Fsp3) is 0.778. The van der Waals surface area contributed by atoms with Crippen molar-refractivity contribution in [1.29, 1.82) is 0 Å². The van der Waals surface area contributed by atoms with Gasteiger partial charge in [-0.15, -0.1) is 0 Å². The quantitative estimate of drug-likeness (QED) is 0.532. The highest BCUT2D eigenvalue weighted by Gasteiger charge is 2.43. The maximum absolute atomic E-state index is 11.6. The van der Waals surface area contributed by atoms with Crippen molar-refractivity contribution >= 4 is 11.8 Å². The van der Waals surface area contributed by atoms with Crippen LogP contribution in [-0.4, -0.2) is 28.4 Å². The molecule has 5 N–H and O–H groups in total. The van der Waals surface area contributed by atoms with Gasteiger partial charge in [-0.2, -0.15) is 0 Å². The van der Waals surface area contributed by atoms with Gasteiger partial charge in [0.25, 0.3) is 0 Å². The van der Waals surface area contributed by atoms with Crippen molar-refractivity contribution in [3.63, 3.8) is 0 Å². The van der Waals surface area contributed by atoms with Gasteiger partial charge in [0, 0.05) is 0 Å². The van der Waals surface area contributed by atoms with Crippen LogP contribution in [0.3, 0.4) is 0 Å². The Labute approximate surface area is 83.5 Å². The molecule has 0 rings (SSSR count). The van der Waals surface area contributed by atoms with Crippen LogP contribution in [0.5, 0.6) is 0 Å². The minimum atomic E-state index is -1.84. The lowest BCUT2D eigenvalue weighted by atomic mass is 9.84. The van der Waals surface area contributed by atoms with Crippen molar-refractivity contribution in [3.8, 4) is 0 Å². The molecular formula is C9H18N2O3. The minimum absolute atomic E-state index is 0.0432. The van der Waals surface area contributed by atoms with E-state index in [2.05, 4.69) is 0 Å². The first kappa shape index (κ1) is 13.1. The number of ketones is 1. The molecule has 1 unspecified atom stereocenters. The SMILES string of the molecule is CCC(N)(C(=O)O)C(=O)[C@@H](N)C(C)C. The molecule has 5 nitrogen and oxygen atoms in total. The van der Waals surface area contributed by atoms with Crippen LogP contribution in [0.15, 0.2) is 0 Å². The summed E-state index contributed by atoms with van der Waals surface area (Å²) < 4.78 is 0. The summed E-state index contributed by atoms with van der Waals surface area (Å²) in [6.07, 6.45) is 0.0432. The van der Waals surface area contributed by atoms with Crippen molar-refractivity contribution < 1.29 is 14.7 Å². The summed E-state index contributed by atoms with van der Waals surface area (Å²) in [6, 6.07) is -0.823. The predicted octanol–water partition coefficient (Wildman–Crippen LogP) is -0.269. The van der Waals surface area contributed by atoms with Crippen molar-refractivity contribution in [2.24, 2.45) is 17.4 Å². The van der Waals surface area contributed by atoms with E-state index in [4.69, 9.17) is 16.6 Å². The number of carbonyl (C=O) groups is 2. The van der Waals surface area contributed by atoms with Gasteiger partial charge in [0.05, 0.1) is 6.04 Å². The number of hydrogen-bond donors (Lipinski definition) is 3. The van der Waals surface area contributed by atoms with Gasteiger partial charge in [0.2, 0.25) is 0 Å². The molecular weight excluding hydrogens is 184 g/mol. The molecule has 0 aliphatic carbocycles. The Balaban J connectivity index is 4.88. The second-order valence-electron chi connectivity index (χ2n) is 3.76. The predicted molar refractivity (Wildman–Crippen MR) is 52.7 cm³/mol. The molecule has 0 aromatic carbocycles. The molecule has 0 bridgehead atoms. The minimum Gasteiger partial charge on any atom is -0.480 e. The van der Waals surface area contributed by atoms with Crippen LogP contribution in [-0.2, 0) is 9.59 Å². The average molecular weight is 202 g/mol. The molecule has 2 atom stereocenters. The topological polar surface area (TPSA) is 106 Å². The molecule has 0 aromatic heterocycles. The van der Waals surface area contributed by atoms with E-state index < -0.39 is 23.3 Å². The van der Waals surface area contributed by atoms with Crippen LogP contribution in [0.1, 0.15) is 27.2 Å². The number of carboxylic acids is 1. The molecule has 0 amide bonds. The monoisotopic (exact) mass is 202 g/mol. The van der Waals surface area contributed by atoms with Crippen molar-refractivity contribution in [2.45, 2.75) is 38.8 Å². The zero-order valence-corrected chi connectivity index (χ0v) is 8.78. The lowest BCUT2D eigenvalue weighted by Gasteiger charge is -2.26. The van der Waals surface area contributed by atoms with Crippen LogP contribution in [0.2, 0.25) is 0 Å². The highest BCUT2D eigenvalue weighted by atomic mass is 16.4. The lowest BCUT2D eigenvalue weighted by Crippen LogP contribution is -2.60. The number of Topliss-reactive ketones (excluding diaryl/α,β-unsaturated/α-hetero) is 1. The lowest BCUT2D eigenvalue weighted by molar-refractivity contribution is -0.149. The molecule has 0 spiro atoms. The van der Waals surface area contributed by atoms with Crippen LogP contribution in [0.25, 0.3) is 0 Å². The van der Waals surface area contributed by atoms with Crippen molar-refractivity contribution in [1.82, 2.24) is 0 Å². The van der Waals surface area contributed by atoms with Crippen LogP contribution in [0.4, 0.5) is 0 Å². The van der Waals surface area contributed by atoms with Gasteiger partial charge in [-0.05, 0) is 12.3 Å². The first-order valence-electron chi connectivity index (χ1n) is 4.59. The largest absolute Gasteiger partial charge is 0.480 e. The average Bonchev–Trinajstić information content (AvgIpc) is 2.13. The van der Waals surface area contributed by atoms with E-state index in [1.165, 1.54) is 0 Å². The van der Waals surface area contributed by atoms with Gasteiger partial charge in [0.15, 0.2) is 11.3 Å². The Hall–Kier alpha value is -0.940. The summed E-state index contributed by atoms with van der Waals surface area (Å²) in [5.41, 5.74) is 9.22. The van der Waals surface area contributed by atoms with Gasteiger partial charge in [-0.3, -0.25) is 4.79 Å². The first-order valence-corrected chi connectivity index (χ1v) is 4.59. The number of rotatable bonds is 5. The van der Waals surface area contributed by atoms with E-state index in [0.29, 0.717) is 0 Å².